The van der Waals surface area contributed by atoms with Crippen molar-refractivity contribution >= 4 is 33.2 Å². The summed E-state index contributed by atoms with van der Waals surface area (Å²) < 4.78 is 1.09. The maximum atomic E-state index is 12.5. The van der Waals surface area contributed by atoms with Crippen molar-refractivity contribution in [3.63, 3.8) is 0 Å². The van der Waals surface area contributed by atoms with Gasteiger partial charge in [0.1, 0.15) is 0 Å². The van der Waals surface area contributed by atoms with E-state index in [1.807, 2.05) is 23.1 Å². The van der Waals surface area contributed by atoms with E-state index in [-0.39, 0.29) is 5.91 Å². The van der Waals surface area contributed by atoms with Crippen LogP contribution in [-0.2, 0) is 17.8 Å². The summed E-state index contributed by atoms with van der Waals surface area (Å²) in [6, 6.07) is 12.2. The standard InChI is InChI=1S/C17H21BrN2OS/c18-15-11-16(22-13-15)7-8-17(21)20(10-4-9-19)12-14-5-2-1-3-6-14/h1-3,5-6,11,13H,4,7-10,12,19H2. The van der Waals surface area contributed by atoms with Crippen LogP contribution in [-0.4, -0.2) is 23.9 Å². The van der Waals surface area contributed by atoms with E-state index in [0.717, 1.165) is 29.4 Å². The first-order chi connectivity index (χ1) is 10.7. The van der Waals surface area contributed by atoms with Crippen LogP contribution in [0.3, 0.4) is 0 Å². The van der Waals surface area contributed by atoms with E-state index in [1.54, 1.807) is 11.3 Å². The van der Waals surface area contributed by atoms with Gasteiger partial charge in [0.15, 0.2) is 0 Å². The maximum Gasteiger partial charge on any atom is 0.223 e. The van der Waals surface area contributed by atoms with Gasteiger partial charge in [-0.15, -0.1) is 11.3 Å². The molecule has 22 heavy (non-hydrogen) atoms. The molecule has 0 aliphatic heterocycles. The van der Waals surface area contributed by atoms with Crippen LogP contribution in [0.15, 0.2) is 46.3 Å². The topological polar surface area (TPSA) is 46.3 Å². The van der Waals surface area contributed by atoms with Gasteiger partial charge in [0, 0.05) is 34.2 Å². The van der Waals surface area contributed by atoms with E-state index in [0.29, 0.717) is 19.5 Å². The second-order valence-electron chi connectivity index (χ2n) is 5.17. The van der Waals surface area contributed by atoms with E-state index >= 15 is 0 Å². The zero-order valence-corrected chi connectivity index (χ0v) is 14.9. The van der Waals surface area contributed by atoms with Crippen molar-refractivity contribution in [1.82, 2.24) is 4.90 Å². The van der Waals surface area contributed by atoms with E-state index in [1.165, 1.54) is 4.88 Å². The van der Waals surface area contributed by atoms with Crippen molar-refractivity contribution in [2.75, 3.05) is 13.1 Å². The second-order valence-corrected chi connectivity index (χ2v) is 7.09. The summed E-state index contributed by atoms with van der Waals surface area (Å²) in [5, 5.41) is 2.05. The third kappa shape index (κ3) is 5.55. The van der Waals surface area contributed by atoms with Crippen LogP contribution in [0.2, 0.25) is 0 Å². The molecule has 3 nitrogen and oxygen atoms in total. The Morgan fingerprint density at radius 3 is 2.68 bits per heavy atom. The fourth-order valence-electron chi connectivity index (χ4n) is 2.25. The number of halogens is 1. The Kier molecular flexibility index (Phi) is 7.09. The van der Waals surface area contributed by atoms with E-state index in [2.05, 4.69) is 39.5 Å². The highest BCUT2D eigenvalue weighted by Gasteiger charge is 2.14. The largest absolute Gasteiger partial charge is 0.338 e. The first-order valence-corrected chi connectivity index (χ1v) is 9.11. The number of amides is 1. The molecular formula is C17H21BrN2OS. The lowest BCUT2D eigenvalue weighted by atomic mass is 10.2. The smallest absolute Gasteiger partial charge is 0.223 e. The van der Waals surface area contributed by atoms with Crippen LogP contribution >= 0.6 is 27.3 Å². The van der Waals surface area contributed by atoms with Gasteiger partial charge in [0.25, 0.3) is 0 Å². The molecule has 0 bridgehead atoms. The van der Waals surface area contributed by atoms with Crippen LogP contribution in [0, 0.1) is 0 Å². The van der Waals surface area contributed by atoms with Gasteiger partial charge in [-0.25, -0.2) is 0 Å². The molecule has 1 aromatic heterocycles. The normalized spacial score (nSPS) is 10.6. The van der Waals surface area contributed by atoms with Gasteiger partial charge in [-0.2, -0.15) is 0 Å². The van der Waals surface area contributed by atoms with Crippen molar-refractivity contribution in [3.05, 3.63) is 56.7 Å². The van der Waals surface area contributed by atoms with Gasteiger partial charge in [-0.05, 0) is 46.9 Å². The molecule has 1 aromatic carbocycles. The van der Waals surface area contributed by atoms with E-state index in [4.69, 9.17) is 5.73 Å². The average molecular weight is 381 g/mol. The molecule has 5 heteroatoms. The first-order valence-electron chi connectivity index (χ1n) is 7.43. The number of rotatable bonds is 8. The number of hydrogen-bond acceptors (Lipinski definition) is 3. The molecule has 118 valence electrons. The van der Waals surface area contributed by atoms with Crippen LogP contribution < -0.4 is 5.73 Å². The third-order valence-corrected chi connectivity index (χ3v) is 5.17. The molecule has 0 radical (unpaired) electrons. The van der Waals surface area contributed by atoms with Crippen molar-refractivity contribution in [3.8, 4) is 0 Å². The summed E-state index contributed by atoms with van der Waals surface area (Å²) >= 11 is 5.14. The fourth-order valence-corrected chi connectivity index (χ4v) is 3.71. The van der Waals surface area contributed by atoms with Crippen molar-refractivity contribution < 1.29 is 4.79 Å². The predicted octanol–water partition coefficient (Wildman–Crippen LogP) is 3.82. The van der Waals surface area contributed by atoms with Gasteiger partial charge in [0.05, 0.1) is 0 Å². The first kappa shape index (κ1) is 17.2. The Labute approximate surface area is 144 Å². The predicted molar refractivity (Wildman–Crippen MR) is 95.9 cm³/mol. The molecule has 0 unspecified atom stereocenters. The minimum atomic E-state index is 0.196. The Morgan fingerprint density at radius 1 is 1.27 bits per heavy atom. The lowest BCUT2D eigenvalue weighted by Gasteiger charge is -2.22. The van der Waals surface area contributed by atoms with Crippen LogP contribution in [0.4, 0.5) is 0 Å². The maximum absolute atomic E-state index is 12.5. The zero-order valence-electron chi connectivity index (χ0n) is 12.5. The van der Waals surface area contributed by atoms with Crippen molar-refractivity contribution in [1.29, 1.82) is 0 Å². The van der Waals surface area contributed by atoms with Gasteiger partial charge in [0.2, 0.25) is 5.91 Å². The second kappa shape index (κ2) is 9.08. The molecule has 0 aliphatic carbocycles. The minimum Gasteiger partial charge on any atom is -0.338 e. The number of nitrogens with zero attached hydrogens (tertiary/aromatic N) is 1. The fraction of sp³-hybridized carbons (Fsp3) is 0.353. The summed E-state index contributed by atoms with van der Waals surface area (Å²) in [5.74, 6) is 0.196. The average Bonchev–Trinajstić information content (AvgIpc) is 2.95. The third-order valence-electron chi connectivity index (χ3n) is 3.41. The summed E-state index contributed by atoms with van der Waals surface area (Å²) in [7, 11) is 0. The Balaban J connectivity index is 1.93. The quantitative estimate of drug-likeness (QED) is 0.756. The number of thiophene rings is 1. The lowest BCUT2D eigenvalue weighted by Crippen LogP contribution is -2.32. The highest BCUT2D eigenvalue weighted by molar-refractivity contribution is 9.10. The van der Waals surface area contributed by atoms with E-state index < -0.39 is 0 Å². The summed E-state index contributed by atoms with van der Waals surface area (Å²) in [6.07, 6.45) is 2.18. The van der Waals surface area contributed by atoms with Crippen LogP contribution in [0.1, 0.15) is 23.3 Å². The van der Waals surface area contributed by atoms with Crippen molar-refractivity contribution in [2.45, 2.75) is 25.8 Å². The molecule has 0 atom stereocenters. The Morgan fingerprint density at radius 2 is 2.05 bits per heavy atom. The number of benzene rings is 1. The molecule has 0 aliphatic rings. The Bertz CT molecular complexity index is 585. The Hall–Kier alpha value is -1.17. The molecule has 1 heterocycles. The highest BCUT2D eigenvalue weighted by Crippen LogP contribution is 2.21. The molecule has 0 spiro atoms. The monoisotopic (exact) mass is 380 g/mol. The molecular weight excluding hydrogens is 360 g/mol. The van der Waals surface area contributed by atoms with Gasteiger partial charge in [-0.3, -0.25) is 4.79 Å². The molecule has 0 fully saturated rings. The molecule has 2 aromatic rings. The molecule has 0 saturated carbocycles. The van der Waals surface area contributed by atoms with Gasteiger partial charge >= 0.3 is 0 Å². The molecule has 2 N–H and O–H groups in total. The summed E-state index contributed by atoms with van der Waals surface area (Å²) in [4.78, 5) is 15.7. The SMILES string of the molecule is NCCCN(Cc1ccccc1)C(=O)CCc1cc(Br)cs1. The number of carbonyl (C=O) groups is 1. The number of carbonyl (C=O) groups excluding carboxylic acids is 1. The van der Waals surface area contributed by atoms with Crippen molar-refractivity contribution in [2.24, 2.45) is 5.73 Å². The number of nitrogens with two attached hydrogens (primary N) is 1. The van der Waals surface area contributed by atoms with Gasteiger partial charge < -0.3 is 10.6 Å². The van der Waals surface area contributed by atoms with Crippen LogP contribution in [0.25, 0.3) is 0 Å². The lowest BCUT2D eigenvalue weighted by molar-refractivity contribution is -0.131. The van der Waals surface area contributed by atoms with Crippen LogP contribution in [0.5, 0.6) is 0 Å². The molecule has 1 amide bonds. The highest BCUT2D eigenvalue weighted by atomic mass is 79.9. The summed E-state index contributed by atoms with van der Waals surface area (Å²) in [5.41, 5.74) is 6.76. The zero-order chi connectivity index (χ0) is 15.8. The number of aryl methyl sites for hydroxylation is 1. The minimum absolute atomic E-state index is 0.196. The molecule has 2 rings (SSSR count). The van der Waals surface area contributed by atoms with E-state index in [9.17, 15) is 4.79 Å². The summed E-state index contributed by atoms with van der Waals surface area (Å²) in [6.45, 7) is 1.99. The van der Waals surface area contributed by atoms with Gasteiger partial charge in [-0.1, -0.05) is 30.3 Å². The number of hydrogen-bond donors (Lipinski definition) is 1. The molecule has 0 saturated heterocycles.